The number of oxime groups is 1. The number of aromatic nitrogens is 1. The number of aryl methyl sites for hydroxylation is 1. The lowest BCUT2D eigenvalue weighted by Gasteiger charge is -2.09. The highest BCUT2D eigenvalue weighted by Gasteiger charge is 2.04. The van der Waals surface area contributed by atoms with Crippen LogP contribution in [0, 0.1) is 18.3 Å². The summed E-state index contributed by atoms with van der Waals surface area (Å²) in [6.07, 6.45) is 3.68. The van der Waals surface area contributed by atoms with Crippen LogP contribution >= 0.6 is 0 Å². The smallest absolute Gasteiger partial charge is 0.143 e. The quantitative estimate of drug-likeness (QED) is 0.523. The summed E-state index contributed by atoms with van der Waals surface area (Å²) >= 11 is 0. The van der Waals surface area contributed by atoms with Crippen LogP contribution in [-0.4, -0.2) is 10.8 Å². The monoisotopic (exact) mass is 315 g/mol. The van der Waals surface area contributed by atoms with Crippen molar-refractivity contribution in [3.63, 3.8) is 0 Å². The fraction of sp³-hybridized carbons (Fsp3) is 0.100. The van der Waals surface area contributed by atoms with Crippen LogP contribution in [0.15, 0.2) is 72.0 Å². The molecule has 4 nitrogen and oxygen atoms in total. The molecule has 0 aliphatic carbocycles. The van der Waals surface area contributed by atoms with Gasteiger partial charge in [-0.1, -0.05) is 41.6 Å². The highest BCUT2D eigenvalue weighted by atomic mass is 16.6. The van der Waals surface area contributed by atoms with Crippen molar-refractivity contribution in [2.45, 2.75) is 13.5 Å². The van der Waals surface area contributed by atoms with E-state index in [1.807, 2.05) is 48.7 Å². The largest absolute Gasteiger partial charge is 0.391 e. The molecule has 1 heterocycles. The molecular weight excluding hydrogens is 298 g/mol. The SMILES string of the molecule is Cc1ccccc1-n1cccc1/C=N\OCc1ccccc1C#N. The van der Waals surface area contributed by atoms with Crippen molar-refractivity contribution < 1.29 is 4.84 Å². The maximum atomic E-state index is 9.07. The Balaban J connectivity index is 1.72. The molecule has 0 saturated heterocycles. The second-order valence-corrected chi connectivity index (χ2v) is 5.37. The maximum Gasteiger partial charge on any atom is 0.143 e. The van der Waals surface area contributed by atoms with Gasteiger partial charge in [-0.3, -0.25) is 0 Å². The van der Waals surface area contributed by atoms with Crippen molar-refractivity contribution >= 4 is 6.21 Å². The van der Waals surface area contributed by atoms with Crippen LogP contribution in [0.1, 0.15) is 22.4 Å². The number of benzene rings is 2. The Hall–Kier alpha value is -3.32. The van der Waals surface area contributed by atoms with E-state index in [0.29, 0.717) is 5.56 Å². The van der Waals surface area contributed by atoms with Crippen molar-refractivity contribution in [3.05, 3.63) is 89.2 Å². The van der Waals surface area contributed by atoms with Crippen LogP contribution in [0.3, 0.4) is 0 Å². The molecular formula is C20H17N3O. The van der Waals surface area contributed by atoms with Crippen molar-refractivity contribution in [3.8, 4) is 11.8 Å². The molecule has 118 valence electrons. The van der Waals surface area contributed by atoms with E-state index in [9.17, 15) is 0 Å². The zero-order valence-electron chi connectivity index (χ0n) is 13.4. The Labute approximate surface area is 141 Å². The third-order valence-corrected chi connectivity index (χ3v) is 3.77. The summed E-state index contributed by atoms with van der Waals surface area (Å²) in [5.74, 6) is 0. The Morgan fingerprint density at radius 1 is 1.08 bits per heavy atom. The van der Waals surface area contributed by atoms with Gasteiger partial charge in [0, 0.05) is 17.4 Å². The summed E-state index contributed by atoms with van der Waals surface area (Å²) in [7, 11) is 0. The summed E-state index contributed by atoms with van der Waals surface area (Å²) in [6, 6.07) is 21.6. The van der Waals surface area contributed by atoms with Crippen LogP contribution in [0.4, 0.5) is 0 Å². The minimum absolute atomic E-state index is 0.269. The summed E-state index contributed by atoms with van der Waals surface area (Å²) < 4.78 is 2.06. The van der Waals surface area contributed by atoms with Gasteiger partial charge in [-0.15, -0.1) is 0 Å². The predicted octanol–water partition coefficient (Wildman–Crippen LogP) is 4.21. The Morgan fingerprint density at radius 2 is 1.88 bits per heavy atom. The first-order valence-electron chi connectivity index (χ1n) is 7.66. The van der Waals surface area contributed by atoms with Crippen molar-refractivity contribution in [2.24, 2.45) is 5.16 Å². The average Bonchev–Trinajstić information content (AvgIpc) is 3.07. The molecule has 0 saturated carbocycles. The topological polar surface area (TPSA) is 50.3 Å². The van der Waals surface area contributed by atoms with Gasteiger partial charge in [-0.25, -0.2) is 0 Å². The molecule has 0 bridgehead atoms. The van der Waals surface area contributed by atoms with E-state index in [1.165, 1.54) is 5.56 Å². The molecule has 0 fully saturated rings. The molecule has 0 aliphatic rings. The number of para-hydroxylation sites is 1. The first-order chi connectivity index (χ1) is 11.8. The maximum absolute atomic E-state index is 9.07. The first kappa shape index (κ1) is 15.6. The zero-order chi connectivity index (χ0) is 16.8. The second kappa shape index (κ2) is 7.30. The van der Waals surface area contributed by atoms with E-state index < -0.39 is 0 Å². The molecule has 24 heavy (non-hydrogen) atoms. The fourth-order valence-electron chi connectivity index (χ4n) is 2.51. The van der Waals surface area contributed by atoms with E-state index in [4.69, 9.17) is 10.1 Å². The molecule has 0 N–H and O–H groups in total. The lowest BCUT2D eigenvalue weighted by Crippen LogP contribution is -2.00. The van der Waals surface area contributed by atoms with Crippen LogP contribution in [0.2, 0.25) is 0 Å². The molecule has 0 spiro atoms. The summed E-state index contributed by atoms with van der Waals surface area (Å²) in [5.41, 5.74) is 4.66. The molecule has 1 aromatic heterocycles. The van der Waals surface area contributed by atoms with Crippen LogP contribution in [0.5, 0.6) is 0 Å². The molecule has 0 unspecified atom stereocenters. The molecule has 3 rings (SSSR count). The number of nitrogens with zero attached hydrogens (tertiary/aromatic N) is 3. The highest BCUT2D eigenvalue weighted by molar-refractivity contribution is 5.78. The third kappa shape index (κ3) is 3.36. The fourth-order valence-corrected chi connectivity index (χ4v) is 2.51. The van der Waals surface area contributed by atoms with E-state index >= 15 is 0 Å². The van der Waals surface area contributed by atoms with Gasteiger partial charge in [0.2, 0.25) is 0 Å². The molecule has 2 aromatic carbocycles. The average molecular weight is 315 g/mol. The van der Waals surface area contributed by atoms with Gasteiger partial charge in [-0.05, 0) is 36.8 Å². The van der Waals surface area contributed by atoms with Crippen molar-refractivity contribution in [1.29, 1.82) is 5.26 Å². The lowest BCUT2D eigenvalue weighted by atomic mass is 10.1. The van der Waals surface area contributed by atoms with Gasteiger partial charge in [0.05, 0.1) is 23.5 Å². The Kier molecular flexibility index (Phi) is 4.73. The summed E-state index contributed by atoms with van der Waals surface area (Å²) in [4.78, 5) is 5.36. The second-order valence-electron chi connectivity index (χ2n) is 5.37. The van der Waals surface area contributed by atoms with Gasteiger partial charge in [0.25, 0.3) is 0 Å². The Morgan fingerprint density at radius 3 is 2.71 bits per heavy atom. The molecule has 0 amide bonds. The predicted molar refractivity (Wildman–Crippen MR) is 94.0 cm³/mol. The van der Waals surface area contributed by atoms with E-state index in [1.54, 1.807) is 12.3 Å². The minimum atomic E-state index is 0.269. The number of nitriles is 1. The van der Waals surface area contributed by atoms with Gasteiger partial charge >= 0.3 is 0 Å². The van der Waals surface area contributed by atoms with Gasteiger partial charge in [0.15, 0.2) is 0 Å². The number of hydrogen-bond donors (Lipinski definition) is 0. The minimum Gasteiger partial charge on any atom is -0.391 e. The van der Waals surface area contributed by atoms with E-state index in [2.05, 4.69) is 34.8 Å². The van der Waals surface area contributed by atoms with Crippen molar-refractivity contribution in [1.82, 2.24) is 4.57 Å². The van der Waals surface area contributed by atoms with Gasteiger partial charge < -0.3 is 9.40 Å². The molecule has 3 aromatic rings. The van der Waals surface area contributed by atoms with E-state index in [0.717, 1.165) is 16.9 Å². The van der Waals surface area contributed by atoms with Crippen LogP contribution < -0.4 is 0 Å². The Bertz CT molecular complexity index is 903. The normalized spacial score (nSPS) is 10.7. The van der Waals surface area contributed by atoms with Crippen molar-refractivity contribution in [2.75, 3.05) is 0 Å². The highest BCUT2D eigenvalue weighted by Crippen LogP contribution is 2.16. The standard InChI is InChI=1S/C20H17N3O/c1-16-7-2-5-11-20(16)23-12-6-10-19(23)14-22-24-15-18-9-4-3-8-17(18)13-21/h2-12,14H,15H2,1H3/b22-14-. The molecule has 0 atom stereocenters. The number of hydrogen-bond acceptors (Lipinski definition) is 3. The van der Waals surface area contributed by atoms with Gasteiger partial charge in [0.1, 0.15) is 6.61 Å². The molecule has 0 radical (unpaired) electrons. The van der Waals surface area contributed by atoms with Crippen LogP contribution in [-0.2, 0) is 11.4 Å². The van der Waals surface area contributed by atoms with Gasteiger partial charge in [-0.2, -0.15) is 5.26 Å². The lowest BCUT2D eigenvalue weighted by molar-refractivity contribution is 0.132. The summed E-state index contributed by atoms with van der Waals surface area (Å²) in [5, 5.41) is 13.1. The third-order valence-electron chi connectivity index (χ3n) is 3.77. The van der Waals surface area contributed by atoms with Crippen LogP contribution in [0.25, 0.3) is 5.69 Å². The first-order valence-corrected chi connectivity index (χ1v) is 7.66. The molecule has 0 aliphatic heterocycles. The molecule has 4 heteroatoms. The zero-order valence-corrected chi connectivity index (χ0v) is 13.4. The number of rotatable bonds is 5. The van der Waals surface area contributed by atoms with E-state index in [-0.39, 0.29) is 6.61 Å². The summed E-state index contributed by atoms with van der Waals surface area (Å²) in [6.45, 7) is 2.34.